The predicted octanol–water partition coefficient (Wildman–Crippen LogP) is 2.93. The average Bonchev–Trinajstić information content (AvgIpc) is 3.21. The lowest BCUT2D eigenvalue weighted by Crippen LogP contribution is -2.09. The van der Waals surface area contributed by atoms with E-state index in [-0.39, 0.29) is 22.7 Å². The number of rotatable bonds is 3. The van der Waals surface area contributed by atoms with Crippen molar-refractivity contribution in [3.05, 3.63) is 69.5 Å². The van der Waals surface area contributed by atoms with Crippen LogP contribution in [0.4, 0.5) is 0 Å². The van der Waals surface area contributed by atoms with Gasteiger partial charge in [-0.2, -0.15) is 0 Å². The van der Waals surface area contributed by atoms with Gasteiger partial charge in [0.1, 0.15) is 10.6 Å². The molecule has 0 saturated carbocycles. The molecule has 0 aliphatic rings. The van der Waals surface area contributed by atoms with E-state index in [0.29, 0.717) is 27.3 Å². The van der Waals surface area contributed by atoms with Crippen LogP contribution in [0.3, 0.4) is 0 Å². The zero-order chi connectivity index (χ0) is 17.6. The van der Waals surface area contributed by atoms with Crippen molar-refractivity contribution in [3.63, 3.8) is 0 Å². The Labute approximate surface area is 146 Å². The highest BCUT2D eigenvalue weighted by Gasteiger charge is 2.18. The average molecular weight is 351 g/mol. The van der Waals surface area contributed by atoms with E-state index in [4.69, 9.17) is 0 Å². The van der Waals surface area contributed by atoms with E-state index in [1.165, 1.54) is 17.4 Å². The lowest BCUT2D eigenvalue weighted by atomic mass is 10.0. The molecular formula is C18H13N3O3S. The van der Waals surface area contributed by atoms with Crippen molar-refractivity contribution < 1.29 is 9.90 Å². The van der Waals surface area contributed by atoms with Gasteiger partial charge in [-0.1, -0.05) is 12.1 Å². The van der Waals surface area contributed by atoms with Gasteiger partial charge < -0.3 is 14.7 Å². The summed E-state index contributed by atoms with van der Waals surface area (Å²) in [6, 6.07) is 9.79. The minimum absolute atomic E-state index is 0.0653. The van der Waals surface area contributed by atoms with Crippen LogP contribution in [0.25, 0.3) is 21.7 Å². The highest BCUT2D eigenvalue weighted by atomic mass is 32.1. The summed E-state index contributed by atoms with van der Waals surface area (Å²) in [5.74, 6) is 0.0442. The standard InChI is InChI=1S/C18H13N3O3S/c1-21-9-10(15(23)11-4-2-3-5-14(11)22)8-13(21)16-19-17(24)12-6-7-25-18(12)20-16/h2-9,22H,1H3,(H,19,20,24). The molecule has 25 heavy (non-hydrogen) atoms. The topological polar surface area (TPSA) is 88.0 Å². The second-order valence-electron chi connectivity index (χ2n) is 5.63. The second kappa shape index (κ2) is 5.71. The number of aromatic amines is 1. The van der Waals surface area contributed by atoms with E-state index in [0.717, 1.165) is 0 Å². The Balaban J connectivity index is 1.81. The summed E-state index contributed by atoms with van der Waals surface area (Å²) in [6.45, 7) is 0. The molecule has 0 atom stereocenters. The third-order valence-corrected chi connectivity index (χ3v) is 4.80. The molecule has 0 fully saturated rings. The van der Waals surface area contributed by atoms with Crippen LogP contribution in [-0.2, 0) is 7.05 Å². The van der Waals surface area contributed by atoms with E-state index in [2.05, 4.69) is 9.97 Å². The Morgan fingerprint density at radius 1 is 1.28 bits per heavy atom. The molecule has 0 aliphatic carbocycles. The van der Waals surface area contributed by atoms with Crippen LogP contribution in [0.5, 0.6) is 5.75 Å². The van der Waals surface area contributed by atoms with Gasteiger partial charge in [0.05, 0.1) is 16.6 Å². The van der Waals surface area contributed by atoms with Crippen molar-refractivity contribution in [2.75, 3.05) is 0 Å². The third kappa shape index (κ3) is 2.54. The number of hydrogen-bond donors (Lipinski definition) is 2. The SMILES string of the molecule is Cn1cc(C(=O)c2ccccc2O)cc1-c1nc2sccc2c(=O)[nH]1. The van der Waals surface area contributed by atoms with Crippen molar-refractivity contribution in [2.24, 2.45) is 7.05 Å². The number of aromatic nitrogens is 3. The summed E-state index contributed by atoms with van der Waals surface area (Å²) >= 11 is 1.39. The lowest BCUT2D eigenvalue weighted by Gasteiger charge is -2.01. The molecule has 0 bridgehead atoms. The summed E-state index contributed by atoms with van der Waals surface area (Å²) in [5.41, 5.74) is 1.05. The first-order chi connectivity index (χ1) is 12.0. The molecule has 4 rings (SSSR count). The molecule has 6 nitrogen and oxygen atoms in total. The maximum absolute atomic E-state index is 12.6. The van der Waals surface area contributed by atoms with Gasteiger partial charge in [-0.3, -0.25) is 9.59 Å². The van der Waals surface area contributed by atoms with Gasteiger partial charge in [0.2, 0.25) is 0 Å². The van der Waals surface area contributed by atoms with Crippen LogP contribution < -0.4 is 5.56 Å². The number of phenolic OH excluding ortho intramolecular Hbond substituents is 1. The summed E-state index contributed by atoms with van der Waals surface area (Å²) in [4.78, 5) is 32.7. The van der Waals surface area contributed by atoms with Gasteiger partial charge in [-0.15, -0.1) is 11.3 Å². The van der Waals surface area contributed by atoms with E-state index >= 15 is 0 Å². The van der Waals surface area contributed by atoms with Gasteiger partial charge in [0.15, 0.2) is 11.6 Å². The Morgan fingerprint density at radius 3 is 2.88 bits per heavy atom. The number of nitrogens with one attached hydrogen (secondary N) is 1. The first-order valence-corrected chi connectivity index (χ1v) is 8.39. The lowest BCUT2D eigenvalue weighted by molar-refractivity contribution is 0.103. The fourth-order valence-electron chi connectivity index (χ4n) is 2.73. The normalized spacial score (nSPS) is 11.1. The summed E-state index contributed by atoms with van der Waals surface area (Å²) in [6.07, 6.45) is 1.66. The fourth-order valence-corrected chi connectivity index (χ4v) is 3.50. The summed E-state index contributed by atoms with van der Waals surface area (Å²) < 4.78 is 1.73. The van der Waals surface area contributed by atoms with Crippen molar-refractivity contribution in [1.82, 2.24) is 14.5 Å². The second-order valence-corrected chi connectivity index (χ2v) is 6.52. The van der Waals surface area contributed by atoms with Gasteiger partial charge >= 0.3 is 0 Å². The minimum atomic E-state index is -0.292. The Bertz CT molecular complexity index is 1170. The molecule has 0 unspecified atom stereocenters. The van der Waals surface area contributed by atoms with Crippen LogP contribution in [0, 0.1) is 0 Å². The van der Waals surface area contributed by atoms with Gasteiger partial charge in [-0.25, -0.2) is 4.98 Å². The number of fused-ring (bicyclic) bond motifs is 1. The number of aromatic hydroxyl groups is 1. The number of carbonyl (C=O) groups is 1. The van der Waals surface area contributed by atoms with E-state index in [9.17, 15) is 14.7 Å². The third-order valence-electron chi connectivity index (χ3n) is 3.99. The van der Waals surface area contributed by atoms with E-state index < -0.39 is 0 Å². The van der Waals surface area contributed by atoms with Crippen LogP contribution in [-0.4, -0.2) is 25.4 Å². The molecule has 3 heterocycles. The number of hydrogen-bond acceptors (Lipinski definition) is 5. The number of thiophene rings is 1. The molecule has 0 saturated heterocycles. The van der Waals surface area contributed by atoms with Crippen LogP contribution in [0.15, 0.2) is 52.8 Å². The van der Waals surface area contributed by atoms with Crippen molar-refractivity contribution in [1.29, 1.82) is 0 Å². The molecule has 0 radical (unpaired) electrons. The highest BCUT2D eigenvalue weighted by molar-refractivity contribution is 7.16. The number of aryl methyl sites for hydroxylation is 1. The monoisotopic (exact) mass is 351 g/mol. The first kappa shape index (κ1) is 15.3. The Morgan fingerprint density at radius 2 is 2.08 bits per heavy atom. The number of carbonyl (C=O) groups excluding carboxylic acids is 1. The predicted molar refractivity (Wildman–Crippen MR) is 96.2 cm³/mol. The molecule has 0 spiro atoms. The molecule has 1 aromatic carbocycles. The number of para-hydroxylation sites is 1. The van der Waals surface area contributed by atoms with Crippen molar-refractivity contribution >= 4 is 27.3 Å². The van der Waals surface area contributed by atoms with Crippen molar-refractivity contribution in [3.8, 4) is 17.3 Å². The summed E-state index contributed by atoms with van der Waals surface area (Å²) in [7, 11) is 1.77. The molecule has 4 aromatic rings. The maximum atomic E-state index is 12.6. The largest absolute Gasteiger partial charge is 0.507 e. The zero-order valence-corrected chi connectivity index (χ0v) is 14.0. The van der Waals surface area contributed by atoms with Crippen LogP contribution in [0.1, 0.15) is 15.9 Å². The number of nitrogens with zero attached hydrogens (tertiary/aromatic N) is 2. The Hall–Kier alpha value is -3.19. The first-order valence-electron chi connectivity index (χ1n) is 7.51. The molecule has 3 aromatic heterocycles. The van der Waals surface area contributed by atoms with Crippen LogP contribution in [0.2, 0.25) is 0 Å². The molecule has 0 amide bonds. The van der Waals surface area contributed by atoms with Crippen LogP contribution >= 0.6 is 11.3 Å². The summed E-state index contributed by atoms with van der Waals surface area (Å²) in [5, 5.41) is 12.2. The van der Waals surface area contributed by atoms with E-state index in [1.54, 1.807) is 48.1 Å². The number of ketones is 1. The van der Waals surface area contributed by atoms with Crippen molar-refractivity contribution in [2.45, 2.75) is 0 Å². The van der Waals surface area contributed by atoms with Gasteiger partial charge in [0.25, 0.3) is 5.56 Å². The molecule has 0 aliphatic heterocycles. The number of H-pyrrole nitrogens is 1. The molecular weight excluding hydrogens is 338 g/mol. The fraction of sp³-hybridized carbons (Fsp3) is 0.0556. The molecule has 124 valence electrons. The molecule has 2 N–H and O–H groups in total. The minimum Gasteiger partial charge on any atom is -0.507 e. The number of benzene rings is 1. The highest BCUT2D eigenvalue weighted by Crippen LogP contribution is 2.25. The van der Waals surface area contributed by atoms with E-state index in [1.807, 2.05) is 5.38 Å². The van der Waals surface area contributed by atoms with Gasteiger partial charge in [-0.05, 0) is 29.6 Å². The molecule has 7 heteroatoms. The maximum Gasteiger partial charge on any atom is 0.259 e. The Kier molecular flexibility index (Phi) is 3.51. The number of phenols is 1. The van der Waals surface area contributed by atoms with Gasteiger partial charge in [0, 0.05) is 18.8 Å². The quantitative estimate of drug-likeness (QED) is 0.556. The smallest absolute Gasteiger partial charge is 0.259 e. The zero-order valence-electron chi connectivity index (χ0n) is 13.2.